The van der Waals surface area contributed by atoms with E-state index in [4.69, 9.17) is 5.73 Å². The molecule has 1 aliphatic rings. The van der Waals surface area contributed by atoms with Crippen molar-refractivity contribution >= 4 is 17.0 Å². The minimum absolute atomic E-state index is 0.219. The Labute approximate surface area is 153 Å². The van der Waals surface area contributed by atoms with E-state index in [1.54, 1.807) is 17.0 Å². The van der Waals surface area contributed by atoms with Gasteiger partial charge in [0.05, 0.1) is 6.54 Å². The summed E-state index contributed by atoms with van der Waals surface area (Å²) in [4.78, 5) is 31.2. The maximum atomic E-state index is 12.5. The molecule has 0 spiro atoms. The van der Waals surface area contributed by atoms with Gasteiger partial charge in [0.1, 0.15) is 5.52 Å². The lowest BCUT2D eigenvalue weighted by atomic mass is 9.98. The van der Waals surface area contributed by atoms with Gasteiger partial charge in [0, 0.05) is 18.9 Å². The maximum absolute atomic E-state index is 12.5. The molecule has 0 aliphatic carbocycles. The first kappa shape index (κ1) is 15.8. The number of hydrogen-bond acceptors (Lipinski definition) is 6. The van der Waals surface area contributed by atoms with E-state index in [2.05, 4.69) is 48.4 Å². The smallest absolute Gasteiger partial charge is 0.328 e. The summed E-state index contributed by atoms with van der Waals surface area (Å²) in [5.41, 5.74) is 10.4. The van der Waals surface area contributed by atoms with E-state index in [9.17, 15) is 4.79 Å². The molecule has 0 amide bonds. The highest BCUT2D eigenvalue weighted by Crippen LogP contribution is 2.21. The van der Waals surface area contributed by atoms with Crippen molar-refractivity contribution in [2.24, 2.45) is 0 Å². The normalized spacial score (nSPS) is 13.8. The van der Waals surface area contributed by atoms with Crippen LogP contribution in [0.3, 0.4) is 0 Å². The molecule has 3 aromatic heterocycles. The molecule has 5 N–H and O–H groups in total. The number of benzene rings is 1. The number of rotatable bonds is 3. The molecule has 0 unspecified atom stereocenters. The molecule has 4 aromatic rings. The van der Waals surface area contributed by atoms with E-state index in [0.29, 0.717) is 29.4 Å². The lowest BCUT2D eigenvalue weighted by molar-refractivity contribution is 0.641. The Bertz CT molecular complexity index is 1190. The molecule has 9 heteroatoms. The number of aromatic nitrogens is 6. The highest BCUT2D eigenvalue weighted by atomic mass is 16.1. The van der Waals surface area contributed by atoms with Crippen LogP contribution in [-0.4, -0.2) is 36.0 Å². The number of aromatic amines is 2. The van der Waals surface area contributed by atoms with Crippen LogP contribution in [0.5, 0.6) is 0 Å². The third-order valence-electron chi connectivity index (χ3n) is 4.86. The van der Waals surface area contributed by atoms with Crippen molar-refractivity contribution in [2.75, 3.05) is 12.3 Å². The van der Waals surface area contributed by atoms with Gasteiger partial charge in [0.25, 0.3) is 0 Å². The minimum Gasteiger partial charge on any atom is -0.382 e. The molecule has 4 heterocycles. The lowest BCUT2D eigenvalue weighted by Crippen LogP contribution is -2.24. The van der Waals surface area contributed by atoms with Crippen LogP contribution < -0.4 is 16.7 Å². The number of anilines is 1. The maximum Gasteiger partial charge on any atom is 0.328 e. The first-order valence-electron chi connectivity index (χ1n) is 8.76. The number of hydrogen-bond donors (Lipinski definition) is 4. The van der Waals surface area contributed by atoms with Crippen molar-refractivity contribution in [3.05, 3.63) is 57.8 Å². The Hall–Kier alpha value is -3.46. The summed E-state index contributed by atoms with van der Waals surface area (Å²) in [6.45, 7) is 2.25. The van der Waals surface area contributed by atoms with Gasteiger partial charge in [0.2, 0.25) is 0 Å². The van der Waals surface area contributed by atoms with Crippen molar-refractivity contribution in [1.82, 2.24) is 34.8 Å². The lowest BCUT2D eigenvalue weighted by Gasteiger charge is -2.18. The summed E-state index contributed by atoms with van der Waals surface area (Å²) in [5, 5.41) is 3.38. The average Bonchev–Trinajstić information content (AvgIpc) is 3.31. The molecule has 5 rings (SSSR count). The zero-order valence-electron chi connectivity index (χ0n) is 14.5. The van der Waals surface area contributed by atoms with E-state index in [0.717, 1.165) is 25.1 Å². The van der Waals surface area contributed by atoms with E-state index in [1.165, 1.54) is 11.1 Å². The van der Waals surface area contributed by atoms with E-state index >= 15 is 0 Å². The number of imidazole rings is 2. The van der Waals surface area contributed by atoms with E-state index in [1.807, 2.05) is 0 Å². The second-order valence-corrected chi connectivity index (χ2v) is 6.61. The molecule has 1 aromatic carbocycles. The molecule has 0 fully saturated rings. The number of nitrogen functional groups attached to an aromatic ring is 1. The molecule has 0 atom stereocenters. The Kier molecular flexibility index (Phi) is 3.54. The van der Waals surface area contributed by atoms with Crippen LogP contribution in [0.2, 0.25) is 0 Å². The SMILES string of the molecule is Nc1nc(-c2ncc[nH]2)nc2c1[nH]c(=O)n2Cc1ccc2c(c1)CNCC2. The predicted molar refractivity (Wildman–Crippen MR) is 101 cm³/mol. The Morgan fingerprint density at radius 1 is 1.22 bits per heavy atom. The summed E-state index contributed by atoms with van der Waals surface area (Å²) in [6.07, 6.45) is 4.33. The zero-order valence-corrected chi connectivity index (χ0v) is 14.5. The van der Waals surface area contributed by atoms with Gasteiger partial charge in [0.15, 0.2) is 23.1 Å². The summed E-state index contributed by atoms with van der Waals surface area (Å²) < 4.78 is 1.58. The summed E-state index contributed by atoms with van der Waals surface area (Å²) in [7, 11) is 0. The second kappa shape index (κ2) is 6.06. The summed E-state index contributed by atoms with van der Waals surface area (Å²) in [6, 6.07) is 6.35. The average molecular weight is 362 g/mol. The molecular weight excluding hydrogens is 344 g/mol. The molecule has 136 valence electrons. The zero-order chi connectivity index (χ0) is 18.4. The molecular formula is C18H18N8O. The van der Waals surface area contributed by atoms with Crippen LogP contribution in [0.1, 0.15) is 16.7 Å². The fourth-order valence-electron chi connectivity index (χ4n) is 3.51. The first-order valence-corrected chi connectivity index (χ1v) is 8.76. The van der Waals surface area contributed by atoms with Gasteiger partial charge in [-0.3, -0.25) is 4.57 Å². The van der Waals surface area contributed by atoms with Gasteiger partial charge in [-0.2, -0.15) is 0 Å². The van der Waals surface area contributed by atoms with Gasteiger partial charge in [-0.25, -0.2) is 19.7 Å². The molecule has 9 nitrogen and oxygen atoms in total. The van der Waals surface area contributed by atoms with Crippen LogP contribution >= 0.6 is 0 Å². The van der Waals surface area contributed by atoms with E-state index < -0.39 is 0 Å². The highest BCUT2D eigenvalue weighted by molar-refractivity contribution is 5.83. The second-order valence-electron chi connectivity index (χ2n) is 6.61. The fourth-order valence-corrected chi connectivity index (χ4v) is 3.51. The minimum atomic E-state index is -0.265. The van der Waals surface area contributed by atoms with Crippen molar-refractivity contribution < 1.29 is 0 Å². The number of nitrogens with one attached hydrogen (secondary N) is 3. The molecule has 27 heavy (non-hydrogen) atoms. The van der Waals surface area contributed by atoms with Crippen molar-refractivity contribution in [3.8, 4) is 11.6 Å². The topological polar surface area (TPSA) is 130 Å². The summed E-state index contributed by atoms with van der Waals surface area (Å²) >= 11 is 0. The summed E-state index contributed by atoms with van der Waals surface area (Å²) in [5.74, 6) is 1.08. The van der Waals surface area contributed by atoms with Crippen LogP contribution in [0.25, 0.3) is 22.8 Å². The van der Waals surface area contributed by atoms with Gasteiger partial charge in [-0.05, 0) is 29.7 Å². The molecule has 1 aliphatic heterocycles. The molecule has 0 saturated carbocycles. The quantitative estimate of drug-likeness (QED) is 0.426. The van der Waals surface area contributed by atoms with Crippen molar-refractivity contribution in [1.29, 1.82) is 0 Å². The van der Waals surface area contributed by atoms with Crippen LogP contribution in [0, 0.1) is 0 Å². The highest BCUT2D eigenvalue weighted by Gasteiger charge is 2.17. The van der Waals surface area contributed by atoms with Crippen LogP contribution in [-0.2, 0) is 19.5 Å². The largest absolute Gasteiger partial charge is 0.382 e. The van der Waals surface area contributed by atoms with Crippen LogP contribution in [0.15, 0.2) is 35.4 Å². The number of nitrogens with zero attached hydrogens (tertiary/aromatic N) is 4. The Balaban J connectivity index is 1.60. The standard InChI is InChI=1S/C18H18N8O/c19-14-13-17(25-16(24-14)15-21-5-6-22-15)26(18(27)23-13)9-10-1-2-11-3-4-20-8-12(11)7-10/h1-2,5-7,20H,3-4,8-9H2,(H,21,22)(H,23,27)(H2,19,24,25). The molecule has 0 bridgehead atoms. The number of H-pyrrole nitrogens is 2. The van der Waals surface area contributed by atoms with Crippen molar-refractivity contribution in [2.45, 2.75) is 19.5 Å². The van der Waals surface area contributed by atoms with Gasteiger partial charge >= 0.3 is 5.69 Å². The first-order chi connectivity index (χ1) is 13.2. The number of nitrogens with two attached hydrogens (primary N) is 1. The predicted octanol–water partition coefficient (Wildman–Crippen LogP) is 0.786. The Morgan fingerprint density at radius 2 is 2.15 bits per heavy atom. The molecule has 0 radical (unpaired) electrons. The number of fused-ring (bicyclic) bond motifs is 2. The van der Waals surface area contributed by atoms with Crippen LogP contribution in [0.4, 0.5) is 5.82 Å². The van der Waals surface area contributed by atoms with Gasteiger partial charge in [-0.1, -0.05) is 18.2 Å². The fraction of sp³-hybridized carbons (Fsp3) is 0.222. The van der Waals surface area contributed by atoms with E-state index in [-0.39, 0.29) is 11.5 Å². The van der Waals surface area contributed by atoms with Gasteiger partial charge < -0.3 is 21.0 Å². The van der Waals surface area contributed by atoms with Crippen molar-refractivity contribution in [3.63, 3.8) is 0 Å². The third-order valence-corrected chi connectivity index (χ3v) is 4.86. The third kappa shape index (κ3) is 2.68. The molecule has 0 saturated heterocycles. The monoisotopic (exact) mass is 362 g/mol. The van der Waals surface area contributed by atoms with Gasteiger partial charge in [-0.15, -0.1) is 0 Å². The Morgan fingerprint density at radius 3 is 3.00 bits per heavy atom.